The Morgan fingerprint density at radius 2 is 2.11 bits per heavy atom. The number of nitrogens with zero attached hydrogens (tertiary/aromatic N) is 3. The van der Waals surface area contributed by atoms with E-state index in [0.29, 0.717) is 32.7 Å². The number of pyridine rings is 1. The first-order valence-corrected chi connectivity index (χ1v) is 7.93. The van der Waals surface area contributed by atoms with Crippen LogP contribution in [0.25, 0.3) is 23.6 Å². The van der Waals surface area contributed by atoms with E-state index in [9.17, 15) is 9.90 Å². The van der Waals surface area contributed by atoms with Gasteiger partial charge >= 0.3 is 5.97 Å². The number of aromatic carboxylic acids is 1. The highest BCUT2D eigenvalue weighted by Gasteiger charge is 2.08. The van der Waals surface area contributed by atoms with Crippen LogP contribution in [0.1, 0.15) is 15.9 Å². The number of hydrogen-bond donors (Lipinski definition) is 2. The van der Waals surface area contributed by atoms with Crippen molar-refractivity contribution in [1.82, 2.24) is 4.98 Å². The summed E-state index contributed by atoms with van der Waals surface area (Å²) >= 11 is 0. The lowest BCUT2D eigenvalue weighted by Gasteiger charge is -2.09. The first-order valence-electron chi connectivity index (χ1n) is 7.93. The molecule has 0 aliphatic heterocycles. The van der Waals surface area contributed by atoms with Crippen molar-refractivity contribution in [3.05, 3.63) is 64.0 Å². The lowest BCUT2D eigenvalue weighted by atomic mass is 10.1. The van der Waals surface area contributed by atoms with Crippen LogP contribution < -0.4 is 15.8 Å². The molecular weight excluding hydrogens is 340 g/mol. The van der Waals surface area contributed by atoms with Gasteiger partial charge in [0.1, 0.15) is 11.4 Å². The highest BCUT2D eigenvalue weighted by Crippen LogP contribution is 2.14. The summed E-state index contributed by atoms with van der Waals surface area (Å²) in [4.78, 5) is 19.7. The second-order valence-corrected chi connectivity index (χ2v) is 5.61. The molecule has 0 saturated carbocycles. The Kier molecular flexibility index (Phi) is 4.83. The van der Waals surface area contributed by atoms with Crippen molar-refractivity contribution in [1.29, 1.82) is 5.26 Å². The zero-order valence-electron chi connectivity index (χ0n) is 14.4. The van der Waals surface area contributed by atoms with Crippen LogP contribution in [0.4, 0.5) is 11.5 Å². The van der Waals surface area contributed by atoms with Crippen molar-refractivity contribution in [2.75, 3.05) is 12.4 Å². The molecule has 0 radical (unpaired) electrons. The molecule has 0 aliphatic carbocycles. The molecule has 27 heavy (non-hydrogen) atoms. The lowest BCUT2D eigenvalue weighted by Crippen LogP contribution is -2.28. The predicted octanol–water partition coefficient (Wildman–Crippen LogP) is 2.04. The van der Waals surface area contributed by atoms with Crippen LogP contribution >= 0.6 is 0 Å². The van der Waals surface area contributed by atoms with Gasteiger partial charge < -0.3 is 10.4 Å². The average Bonchev–Trinajstić information content (AvgIpc) is 2.68. The third-order valence-electron chi connectivity index (χ3n) is 3.87. The molecule has 0 bridgehead atoms. The molecular formula is C21H14N4O2. The number of carbonyl (C=O) groups is 1. The molecule has 2 N–H and O–H groups in total. The maximum Gasteiger partial charge on any atom is 0.344 e. The van der Waals surface area contributed by atoms with Gasteiger partial charge in [-0.3, -0.25) is 4.99 Å². The van der Waals surface area contributed by atoms with Gasteiger partial charge in [-0.2, -0.15) is 5.26 Å². The van der Waals surface area contributed by atoms with Crippen LogP contribution in [-0.4, -0.2) is 29.3 Å². The van der Waals surface area contributed by atoms with E-state index in [1.54, 1.807) is 43.6 Å². The molecule has 130 valence electrons. The fourth-order valence-electron chi connectivity index (χ4n) is 2.52. The number of carboxylic acids is 1. The Hall–Kier alpha value is -4.16. The standard InChI is InChI=1S/C21H14N4O2/c1-13-17-8-5-15(21(26)27)11-19(17)25-20(18(13)9-10-23-2)24-16-6-3-14(12-22)4-7-16/h3-4,6-7,9-11H,1H2,2H3,(H,24,25)(H,26,27)/b18-9+,23-10?. The second kappa shape index (κ2) is 7.38. The first kappa shape index (κ1) is 17.7. The number of aliphatic imine (C=N–C) groups is 1. The summed E-state index contributed by atoms with van der Waals surface area (Å²) in [5.41, 5.74) is 1.70. The molecule has 3 aromatic rings. The van der Waals surface area contributed by atoms with Crippen LogP contribution in [0.15, 0.2) is 35.3 Å². The van der Waals surface area contributed by atoms with Gasteiger partial charge in [0, 0.05) is 24.2 Å². The minimum absolute atomic E-state index is 0.0226. The monoisotopic (exact) mass is 354 g/mol. The van der Waals surface area contributed by atoms with Gasteiger partial charge in [0.05, 0.1) is 22.5 Å². The highest BCUT2D eigenvalue weighted by atomic mass is 16.4. The Labute approximate surface area is 155 Å². The van der Waals surface area contributed by atoms with Crippen LogP contribution in [0.3, 0.4) is 0 Å². The van der Waals surface area contributed by atoms with Crippen LogP contribution in [-0.2, 0) is 0 Å². The lowest BCUT2D eigenvalue weighted by molar-refractivity contribution is 0.0697. The van der Waals surface area contributed by atoms with Gasteiger partial charge in [0.15, 0.2) is 0 Å². The van der Waals surface area contributed by atoms with E-state index < -0.39 is 5.97 Å². The average molecular weight is 354 g/mol. The summed E-state index contributed by atoms with van der Waals surface area (Å²) in [7, 11) is 1.65. The molecule has 0 saturated heterocycles. The maximum absolute atomic E-state index is 11.2. The normalized spacial score (nSPS) is 11.3. The molecule has 1 aromatic heterocycles. The topological polar surface area (TPSA) is 98.4 Å². The summed E-state index contributed by atoms with van der Waals surface area (Å²) in [5.74, 6) is -0.607. The molecule has 1 heterocycles. The molecule has 2 aromatic carbocycles. The van der Waals surface area contributed by atoms with Crippen molar-refractivity contribution >= 4 is 47.2 Å². The number of carboxylic acid groups (broad SMARTS) is 1. The van der Waals surface area contributed by atoms with Gasteiger partial charge in [-0.1, -0.05) is 18.7 Å². The predicted molar refractivity (Wildman–Crippen MR) is 104 cm³/mol. The number of benzene rings is 1. The zero-order chi connectivity index (χ0) is 19.4. The number of fused-ring (bicyclic) bond motifs is 1. The van der Waals surface area contributed by atoms with Crippen molar-refractivity contribution in [2.45, 2.75) is 0 Å². The number of aromatic nitrogens is 1. The van der Waals surface area contributed by atoms with Crippen LogP contribution in [0, 0.1) is 23.5 Å². The minimum atomic E-state index is -1.10. The second-order valence-electron chi connectivity index (χ2n) is 5.61. The Bertz CT molecular complexity index is 1210. The van der Waals surface area contributed by atoms with Crippen molar-refractivity contribution in [2.24, 2.45) is 4.99 Å². The number of rotatable bonds is 4. The fourth-order valence-corrected chi connectivity index (χ4v) is 2.52. The molecule has 0 aliphatic rings. The van der Waals surface area contributed by atoms with Gasteiger partial charge in [0.2, 0.25) is 0 Å². The third-order valence-corrected chi connectivity index (χ3v) is 3.87. The van der Waals surface area contributed by atoms with E-state index in [4.69, 9.17) is 5.26 Å². The Morgan fingerprint density at radius 1 is 1.37 bits per heavy atom. The number of nitriles is 1. The Morgan fingerprint density at radius 3 is 2.74 bits per heavy atom. The first-order chi connectivity index (χ1) is 13.0. The van der Waals surface area contributed by atoms with E-state index in [2.05, 4.69) is 40.1 Å². The van der Waals surface area contributed by atoms with E-state index in [0.717, 1.165) is 5.69 Å². The molecule has 0 fully saturated rings. The van der Waals surface area contributed by atoms with E-state index in [1.165, 1.54) is 6.07 Å². The quantitative estimate of drug-likeness (QED) is 0.699. The summed E-state index contributed by atoms with van der Waals surface area (Å²) in [6.07, 6.45) is 3.39. The summed E-state index contributed by atoms with van der Waals surface area (Å²) < 4.78 is 0. The molecule has 0 amide bonds. The smallest absolute Gasteiger partial charge is 0.344 e. The molecule has 0 atom stereocenters. The highest BCUT2D eigenvalue weighted by molar-refractivity contribution is 5.95. The number of nitrogens with one attached hydrogen (secondary N) is 1. The molecule has 0 unspecified atom stereocenters. The fraction of sp³-hybridized carbons (Fsp3) is 0.0476. The van der Waals surface area contributed by atoms with E-state index in [1.807, 2.05) is 0 Å². The van der Waals surface area contributed by atoms with E-state index >= 15 is 0 Å². The third kappa shape index (κ3) is 3.60. The largest absolute Gasteiger partial charge is 0.477 e. The molecule has 6 nitrogen and oxygen atoms in total. The van der Waals surface area contributed by atoms with Gasteiger partial charge in [0.25, 0.3) is 0 Å². The van der Waals surface area contributed by atoms with Crippen molar-refractivity contribution in [3.63, 3.8) is 0 Å². The summed E-state index contributed by atoms with van der Waals surface area (Å²) in [6.45, 7) is 4.09. The van der Waals surface area contributed by atoms with Gasteiger partial charge in [-0.05, 0) is 41.6 Å². The minimum Gasteiger partial charge on any atom is -0.477 e. The molecule has 6 heteroatoms. The van der Waals surface area contributed by atoms with Crippen molar-refractivity contribution in [3.8, 4) is 6.07 Å². The van der Waals surface area contributed by atoms with Crippen molar-refractivity contribution < 1.29 is 9.90 Å². The van der Waals surface area contributed by atoms with Crippen LogP contribution in [0.2, 0.25) is 0 Å². The van der Waals surface area contributed by atoms with Gasteiger partial charge in [-0.15, -0.1) is 0 Å². The SMILES string of the molecule is C=c1/c(=C\C=NC)c(Nc2ccc(C#N)cc2)nc2cc(C(=O)O)c#cc12. The summed E-state index contributed by atoms with van der Waals surface area (Å²) in [5, 5.41) is 23.2. The van der Waals surface area contributed by atoms with E-state index in [-0.39, 0.29) is 5.56 Å². The molecule has 3 rings (SSSR count). The maximum atomic E-state index is 11.2. The van der Waals surface area contributed by atoms with Gasteiger partial charge in [-0.25, -0.2) is 9.78 Å². The zero-order valence-corrected chi connectivity index (χ0v) is 14.4. The van der Waals surface area contributed by atoms with Crippen LogP contribution in [0.5, 0.6) is 0 Å². The number of anilines is 2. The molecule has 0 spiro atoms. The number of hydrogen-bond acceptors (Lipinski definition) is 5. The Balaban J connectivity index is 2.22. The summed E-state index contributed by atoms with van der Waals surface area (Å²) in [6, 6.07) is 15.9.